The molecule has 0 bridgehead atoms. The number of benzene rings is 2. The standard InChI is InChI=1S/C19H19F4N3O2S/c1-4-26-17-10-13(19(21,22)23)5-8-16(17)24-18(26)12(3)25-29(27,28)14-6-7-15(20)11(2)9-14/h5-10,12,25H,4H2,1-3H3. The van der Waals surface area contributed by atoms with Crippen molar-refractivity contribution in [2.75, 3.05) is 0 Å². The van der Waals surface area contributed by atoms with Crippen molar-refractivity contribution in [1.82, 2.24) is 14.3 Å². The van der Waals surface area contributed by atoms with Crippen molar-refractivity contribution in [3.05, 3.63) is 59.2 Å². The van der Waals surface area contributed by atoms with Crippen LogP contribution in [0.3, 0.4) is 0 Å². The van der Waals surface area contributed by atoms with Gasteiger partial charge in [0, 0.05) is 6.54 Å². The Morgan fingerprint density at radius 1 is 1.17 bits per heavy atom. The van der Waals surface area contributed by atoms with Gasteiger partial charge < -0.3 is 4.57 Å². The van der Waals surface area contributed by atoms with Gasteiger partial charge in [0.1, 0.15) is 11.6 Å². The van der Waals surface area contributed by atoms with Gasteiger partial charge in [-0.1, -0.05) is 0 Å². The fourth-order valence-corrected chi connectivity index (χ4v) is 4.40. The Labute approximate surface area is 165 Å². The first-order valence-electron chi connectivity index (χ1n) is 8.80. The second-order valence-corrected chi connectivity index (χ2v) is 8.38. The van der Waals surface area contributed by atoms with E-state index in [-0.39, 0.29) is 21.8 Å². The Hall–Kier alpha value is -2.46. The van der Waals surface area contributed by atoms with Crippen LogP contribution in [0.15, 0.2) is 41.3 Å². The molecule has 10 heteroatoms. The van der Waals surface area contributed by atoms with E-state index >= 15 is 0 Å². The SMILES string of the molecule is CCn1c(C(C)NS(=O)(=O)c2ccc(F)c(C)c2)nc2ccc(C(F)(F)F)cc21. The molecule has 0 saturated heterocycles. The van der Waals surface area contributed by atoms with Gasteiger partial charge in [-0.3, -0.25) is 0 Å². The van der Waals surface area contributed by atoms with Gasteiger partial charge in [0.2, 0.25) is 10.0 Å². The normalized spacial score (nSPS) is 13.8. The molecule has 0 amide bonds. The van der Waals surface area contributed by atoms with Gasteiger partial charge in [-0.2, -0.15) is 13.2 Å². The van der Waals surface area contributed by atoms with E-state index in [4.69, 9.17) is 0 Å². The van der Waals surface area contributed by atoms with Gasteiger partial charge >= 0.3 is 6.18 Å². The van der Waals surface area contributed by atoms with Crippen LogP contribution in [-0.4, -0.2) is 18.0 Å². The van der Waals surface area contributed by atoms with Crippen molar-refractivity contribution >= 4 is 21.1 Å². The maximum atomic E-state index is 13.4. The molecule has 0 saturated carbocycles. The van der Waals surface area contributed by atoms with Gasteiger partial charge in [-0.15, -0.1) is 0 Å². The lowest BCUT2D eigenvalue weighted by Gasteiger charge is -2.16. The summed E-state index contributed by atoms with van der Waals surface area (Å²) >= 11 is 0. The van der Waals surface area contributed by atoms with Crippen LogP contribution in [0.5, 0.6) is 0 Å². The Bertz CT molecular complexity index is 1170. The zero-order chi connectivity index (χ0) is 21.6. The average Bonchev–Trinajstić information content (AvgIpc) is 3.00. The Morgan fingerprint density at radius 2 is 1.86 bits per heavy atom. The highest BCUT2D eigenvalue weighted by Gasteiger charge is 2.31. The number of aryl methyl sites for hydroxylation is 2. The highest BCUT2D eigenvalue weighted by Crippen LogP contribution is 2.32. The van der Waals surface area contributed by atoms with Crippen LogP contribution < -0.4 is 4.72 Å². The van der Waals surface area contributed by atoms with Crippen LogP contribution in [-0.2, 0) is 22.7 Å². The van der Waals surface area contributed by atoms with Crippen molar-refractivity contribution in [2.24, 2.45) is 0 Å². The largest absolute Gasteiger partial charge is 0.416 e. The third-order valence-corrected chi connectivity index (χ3v) is 6.12. The van der Waals surface area contributed by atoms with E-state index < -0.39 is 33.6 Å². The van der Waals surface area contributed by atoms with Crippen LogP contribution in [0.1, 0.15) is 36.8 Å². The van der Waals surface area contributed by atoms with E-state index in [1.165, 1.54) is 23.6 Å². The summed E-state index contributed by atoms with van der Waals surface area (Å²) in [5, 5.41) is 0. The highest BCUT2D eigenvalue weighted by molar-refractivity contribution is 7.89. The molecule has 1 heterocycles. The minimum Gasteiger partial charge on any atom is -0.327 e. The summed E-state index contributed by atoms with van der Waals surface area (Å²) in [6.45, 7) is 5.03. The molecule has 29 heavy (non-hydrogen) atoms. The van der Waals surface area contributed by atoms with E-state index in [1.807, 2.05) is 0 Å². The molecule has 1 aromatic heterocycles. The number of nitrogens with one attached hydrogen (secondary N) is 1. The van der Waals surface area contributed by atoms with Crippen molar-refractivity contribution < 1.29 is 26.0 Å². The Kier molecular flexibility index (Phi) is 5.44. The average molecular weight is 429 g/mol. The number of alkyl halides is 3. The van der Waals surface area contributed by atoms with Gasteiger partial charge in [0.05, 0.1) is 27.5 Å². The minimum absolute atomic E-state index is 0.109. The van der Waals surface area contributed by atoms with E-state index in [9.17, 15) is 26.0 Å². The number of imidazole rings is 1. The Morgan fingerprint density at radius 3 is 2.45 bits per heavy atom. The number of hydrogen-bond donors (Lipinski definition) is 1. The van der Waals surface area contributed by atoms with Crippen LogP contribution >= 0.6 is 0 Å². The summed E-state index contributed by atoms with van der Waals surface area (Å²) in [4.78, 5) is 4.22. The van der Waals surface area contributed by atoms with Crippen molar-refractivity contribution in [2.45, 2.75) is 44.4 Å². The zero-order valence-electron chi connectivity index (χ0n) is 15.9. The third-order valence-electron chi connectivity index (χ3n) is 4.58. The molecular formula is C19H19F4N3O2S. The lowest BCUT2D eigenvalue weighted by Crippen LogP contribution is -2.29. The zero-order valence-corrected chi connectivity index (χ0v) is 16.7. The first-order valence-corrected chi connectivity index (χ1v) is 10.3. The first kappa shape index (κ1) is 21.3. The summed E-state index contributed by atoms with van der Waals surface area (Å²) in [5.41, 5.74) is -0.0262. The molecule has 156 valence electrons. The van der Waals surface area contributed by atoms with Gasteiger partial charge in [0.25, 0.3) is 0 Å². The molecule has 0 aliphatic heterocycles. The molecule has 0 aliphatic rings. The summed E-state index contributed by atoms with van der Waals surface area (Å²) in [6, 6.07) is 5.80. The van der Waals surface area contributed by atoms with Crippen molar-refractivity contribution in [3.63, 3.8) is 0 Å². The van der Waals surface area contributed by atoms with Gasteiger partial charge in [-0.25, -0.2) is 22.5 Å². The fraction of sp³-hybridized carbons (Fsp3) is 0.316. The van der Waals surface area contributed by atoms with Crippen LogP contribution in [0, 0.1) is 12.7 Å². The van der Waals surface area contributed by atoms with Gasteiger partial charge in [-0.05, 0) is 62.7 Å². The lowest BCUT2D eigenvalue weighted by molar-refractivity contribution is -0.137. The predicted molar refractivity (Wildman–Crippen MR) is 100 cm³/mol. The molecule has 1 unspecified atom stereocenters. The smallest absolute Gasteiger partial charge is 0.327 e. The molecule has 3 rings (SSSR count). The predicted octanol–water partition coefficient (Wildman–Crippen LogP) is 4.56. The summed E-state index contributed by atoms with van der Waals surface area (Å²) < 4.78 is 81.9. The lowest BCUT2D eigenvalue weighted by atomic mass is 10.2. The third kappa shape index (κ3) is 4.13. The van der Waals surface area contributed by atoms with E-state index in [0.717, 1.165) is 24.3 Å². The van der Waals surface area contributed by atoms with E-state index in [1.54, 1.807) is 13.8 Å². The van der Waals surface area contributed by atoms with Crippen LogP contribution in [0.4, 0.5) is 17.6 Å². The maximum Gasteiger partial charge on any atom is 0.416 e. The molecule has 5 nitrogen and oxygen atoms in total. The second-order valence-electron chi connectivity index (χ2n) is 6.67. The number of halogens is 4. The topological polar surface area (TPSA) is 64.0 Å². The van der Waals surface area contributed by atoms with Gasteiger partial charge in [0.15, 0.2) is 0 Å². The maximum absolute atomic E-state index is 13.4. The molecule has 2 aromatic carbocycles. The van der Waals surface area contributed by atoms with E-state index in [0.29, 0.717) is 12.1 Å². The van der Waals surface area contributed by atoms with Crippen molar-refractivity contribution in [1.29, 1.82) is 0 Å². The summed E-state index contributed by atoms with van der Waals surface area (Å²) in [7, 11) is -3.99. The number of hydrogen-bond acceptors (Lipinski definition) is 3. The number of fused-ring (bicyclic) bond motifs is 1. The molecule has 0 fully saturated rings. The van der Waals surface area contributed by atoms with Crippen molar-refractivity contribution in [3.8, 4) is 0 Å². The molecule has 0 aliphatic carbocycles. The second kappa shape index (κ2) is 7.42. The van der Waals surface area contributed by atoms with E-state index in [2.05, 4.69) is 9.71 Å². The number of aromatic nitrogens is 2. The highest BCUT2D eigenvalue weighted by atomic mass is 32.2. The van der Waals surface area contributed by atoms with Crippen LogP contribution in [0.25, 0.3) is 11.0 Å². The quantitative estimate of drug-likeness (QED) is 0.605. The number of rotatable bonds is 5. The molecule has 1 N–H and O–H groups in total. The summed E-state index contributed by atoms with van der Waals surface area (Å²) in [6.07, 6.45) is -4.50. The summed E-state index contributed by atoms with van der Waals surface area (Å²) in [5.74, 6) is -0.241. The number of sulfonamides is 1. The number of nitrogens with zero attached hydrogens (tertiary/aromatic N) is 2. The minimum atomic E-state index is -4.50. The molecule has 0 radical (unpaired) electrons. The monoisotopic (exact) mass is 429 g/mol. The fourth-order valence-electron chi connectivity index (χ4n) is 3.12. The molecule has 3 aromatic rings. The van der Waals surface area contributed by atoms with Crippen LogP contribution in [0.2, 0.25) is 0 Å². The molecule has 1 atom stereocenters. The molecule has 0 spiro atoms. The molecular weight excluding hydrogens is 410 g/mol. The Balaban J connectivity index is 2.00. The first-order chi connectivity index (χ1) is 13.4.